The van der Waals surface area contributed by atoms with Crippen molar-refractivity contribution >= 4 is 22.9 Å². The summed E-state index contributed by atoms with van der Waals surface area (Å²) >= 11 is 7.10. The van der Waals surface area contributed by atoms with Gasteiger partial charge in [0.05, 0.1) is 30.7 Å². The summed E-state index contributed by atoms with van der Waals surface area (Å²) in [5.41, 5.74) is 1.25. The number of fused-ring (bicyclic) bond motifs is 1. The maximum atomic E-state index is 11.8. The first-order chi connectivity index (χ1) is 8.24. The Bertz CT molecular complexity index is 622. The van der Waals surface area contributed by atoms with E-state index in [0.717, 1.165) is 5.69 Å². The Morgan fingerprint density at radius 2 is 2.41 bits per heavy atom. The summed E-state index contributed by atoms with van der Waals surface area (Å²) in [4.78, 5) is 23.1. The standard InChI is InChI=1S/C10H8ClN3O2S/c11-7-3-12-10(17-7)8-13-6-1-2-16-4-5(6)9(15)14-8/h3H,1-2,4H2,(H,13,14,15). The number of H-pyrrole nitrogens is 1. The van der Waals surface area contributed by atoms with Crippen molar-refractivity contribution in [3.05, 3.63) is 32.1 Å². The van der Waals surface area contributed by atoms with Crippen LogP contribution in [0.15, 0.2) is 11.0 Å². The van der Waals surface area contributed by atoms with E-state index in [-0.39, 0.29) is 5.56 Å². The first-order valence-corrected chi connectivity index (χ1v) is 6.25. The van der Waals surface area contributed by atoms with Gasteiger partial charge in [0.25, 0.3) is 5.56 Å². The van der Waals surface area contributed by atoms with Gasteiger partial charge in [0.1, 0.15) is 4.34 Å². The molecule has 0 fully saturated rings. The third-order valence-corrected chi connectivity index (χ3v) is 3.63. The molecule has 88 valence electrons. The molecule has 0 aliphatic carbocycles. The van der Waals surface area contributed by atoms with Crippen molar-refractivity contribution in [3.8, 4) is 10.8 Å². The summed E-state index contributed by atoms with van der Waals surface area (Å²) in [5, 5.41) is 0.626. The summed E-state index contributed by atoms with van der Waals surface area (Å²) in [6.07, 6.45) is 2.20. The maximum Gasteiger partial charge on any atom is 0.257 e. The van der Waals surface area contributed by atoms with Crippen LogP contribution < -0.4 is 5.56 Å². The fourth-order valence-corrected chi connectivity index (χ4v) is 2.57. The minimum atomic E-state index is -0.156. The van der Waals surface area contributed by atoms with Gasteiger partial charge < -0.3 is 9.72 Å². The fourth-order valence-electron chi connectivity index (χ4n) is 1.71. The van der Waals surface area contributed by atoms with Gasteiger partial charge >= 0.3 is 0 Å². The number of halogens is 1. The summed E-state index contributed by atoms with van der Waals surface area (Å²) in [5.74, 6) is 0.479. The number of hydrogen-bond acceptors (Lipinski definition) is 5. The predicted octanol–water partition coefficient (Wildman–Crippen LogP) is 1.62. The van der Waals surface area contributed by atoms with E-state index in [9.17, 15) is 4.79 Å². The third-order valence-electron chi connectivity index (χ3n) is 2.51. The van der Waals surface area contributed by atoms with E-state index in [2.05, 4.69) is 15.0 Å². The van der Waals surface area contributed by atoms with Crippen molar-refractivity contribution < 1.29 is 4.74 Å². The van der Waals surface area contributed by atoms with Crippen LogP contribution in [0.4, 0.5) is 0 Å². The second-order valence-corrected chi connectivity index (χ2v) is 5.27. The maximum absolute atomic E-state index is 11.8. The molecule has 2 aromatic rings. The highest BCUT2D eigenvalue weighted by Gasteiger charge is 2.17. The number of hydrogen-bond donors (Lipinski definition) is 1. The summed E-state index contributed by atoms with van der Waals surface area (Å²) in [6, 6.07) is 0. The normalized spacial score (nSPS) is 14.6. The van der Waals surface area contributed by atoms with Gasteiger partial charge in [0.15, 0.2) is 10.8 Å². The number of rotatable bonds is 1. The van der Waals surface area contributed by atoms with Gasteiger partial charge in [-0.3, -0.25) is 4.79 Å². The first kappa shape index (κ1) is 10.9. The van der Waals surface area contributed by atoms with E-state index in [1.807, 2.05) is 0 Å². The van der Waals surface area contributed by atoms with E-state index in [1.54, 1.807) is 6.20 Å². The van der Waals surface area contributed by atoms with E-state index >= 15 is 0 Å². The monoisotopic (exact) mass is 269 g/mol. The topological polar surface area (TPSA) is 67.9 Å². The molecule has 1 N–H and O–H groups in total. The van der Waals surface area contributed by atoms with Gasteiger partial charge in [-0.15, -0.1) is 0 Å². The Hall–Kier alpha value is -1.24. The molecule has 0 spiro atoms. The lowest BCUT2D eigenvalue weighted by Crippen LogP contribution is -2.24. The molecule has 2 aromatic heterocycles. The van der Waals surface area contributed by atoms with E-state index < -0.39 is 0 Å². The van der Waals surface area contributed by atoms with Gasteiger partial charge in [0.2, 0.25) is 0 Å². The molecule has 0 unspecified atom stereocenters. The summed E-state index contributed by atoms with van der Waals surface area (Å²) in [7, 11) is 0. The minimum absolute atomic E-state index is 0.156. The molecule has 1 aliphatic heterocycles. The van der Waals surface area contributed by atoms with Crippen molar-refractivity contribution in [3.63, 3.8) is 0 Å². The molecule has 17 heavy (non-hydrogen) atoms. The molecule has 3 heterocycles. The van der Waals surface area contributed by atoms with Crippen LogP contribution in [0, 0.1) is 0 Å². The third kappa shape index (κ3) is 1.99. The van der Waals surface area contributed by atoms with Crippen molar-refractivity contribution in [2.45, 2.75) is 13.0 Å². The zero-order chi connectivity index (χ0) is 11.8. The van der Waals surface area contributed by atoms with E-state index in [4.69, 9.17) is 16.3 Å². The lowest BCUT2D eigenvalue weighted by atomic mass is 10.1. The highest BCUT2D eigenvalue weighted by atomic mass is 35.5. The van der Waals surface area contributed by atoms with Crippen LogP contribution in [0.3, 0.4) is 0 Å². The van der Waals surface area contributed by atoms with Gasteiger partial charge in [-0.05, 0) is 0 Å². The van der Waals surface area contributed by atoms with Crippen LogP contribution >= 0.6 is 22.9 Å². The molecule has 3 rings (SSSR count). The van der Waals surface area contributed by atoms with Crippen molar-refractivity contribution in [1.29, 1.82) is 0 Å². The van der Waals surface area contributed by atoms with Crippen molar-refractivity contribution in [2.75, 3.05) is 6.61 Å². The molecule has 0 bridgehead atoms. The summed E-state index contributed by atoms with van der Waals surface area (Å²) in [6.45, 7) is 0.929. The number of ether oxygens (including phenoxy) is 1. The first-order valence-electron chi connectivity index (χ1n) is 5.05. The quantitative estimate of drug-likeness (QED) is 0.854. The van der Waals surface area contributed by atoms with Crippen LogP contribution in [0.1, 0.15) is 11.3 Å². The Kier molecular flexibility index (Phi) is 2.70. The van der Waals surface area contributed by atoms with Gasteiger partial charge in [-0.25, -0.2) is 9.97 Å². The Morgan fingerprint density at radius 3 is 3.18 bits per heavy atom. The molecule has 0 aromatic carbocycles. The second kappa shape index (κ2) is 4.21. The summed E-state index contributed by atoms with van der Waals surface area (Å²) < 4.78 is 5.81. The zero-order valence-corrected chi connectivity index (χ0v) is 10.3. The van der Waals surface area contributed by atoms with Crippen molar-refractivity contribution in [1.82, 2.24) is 15.0 Å². The molecule has 0 saturated carbocycles. The lowest BCUT2D eigenvalue weighted by Gasteiger charge is -2.14. The number of nitrogens with one attached hydrogen (secondary N) is 1. The number of nitrogens with zero attached hydrogens (tertiary/aromatic N) is 2. The minimum Gasteiger partial charge on any atom is -0.376 e. The Morgan fingerprint density at radius 1 is 1.53 bits per heavy atom. The molecular weight excluding hydrogens is 262 g/mol. The highest BCUT2D eigenvalue weighted by Crippen LogP contribution is 2.25. The van der Waals surface area contributed by atoms with Crippen LogP contribution in [0.5, 0.6) is 0 Å². The van der Waals surface area contributed by atoms with Crippen LogP contribution in [-0.2, 0) is 17.8 Å². The van der Waals surface area contributed by atoms with Gasteiger partial charge in [-0.2, -0.15) is 0 Å². The molecule has 7 heteroatoms. The largest absolute Gasteiger partial charge is 0.376 e. The molecule has 0 saturated heterocycles. The lowest BCUT2D eigenvalue weighted by molar-refractivity contribution is 0.108. The van der Waals surface area contributed by atoms with Crippen LogP contribution in [0.2, 0.25) is 4.34 Å². The Balaban J connectivity index is 2.13. The average molecular weight is 270 g/mol. The number of aromatic amines is 1. The molecular formula is C10H8ClN3O2S. The average Bonchev–Trinajstić information content (AvgIpc) is 2.76. The predicted molar refractivity (Wildman–Crippen MR) is 64.3 cm³/mol. The van der Waals surface area contributed by atoms with Gasteiger partial charge in [0, 0.05) is 6.42 Å². The van der Waals surface area contributed by atoms with Crippen molar-refractivity contribution in [2.24, 2.45) is 0 Å². The smallest absolute Gasteiger partial charge is 0.257 e. The Labute approximate surface area is 105 Å². The molecule has 5 nitrogen and oxygen atoms in total. The molecule has 1 aliphatic rings. The van der Waals surface area contributed by atoms with Crippen LogP contribution in [0.25, 0.3) is 10.8 Å². The van der Waals surface area contributed by atoms with Crippen LogP contribution in [-0.4, -0.2) is 21.6 Å². The molecule has 0 atom stereocenters. The number of thiazole rings is 1. The fraction of sp³-hybridized carbons (Fsp3) is 0.300. The molecule has 0 radical (unpaired) electrons. The van der Waals surface area contributed by atoms with E-state index in [0.29, 0.717) is 40.4 Å². The number of aromatic nitrogens is 3. The van der Waals surface area contributed by atoms with Gasteiger partial charge in [-0.1, -0.05) is 22.9 Å². The highest BCUT2D eigenvalue weighted by molar-refractivity contribution is 7.18. The SMILES string of the molecule is O=c1[nH]c(-c2ncc(Cl)s2)nc2c1COCC2. The zero-order valence-electron chi connectivity index (χ0n) is 8.70. The second-order valence-electron chi connectivity index (χ2n) is 3.61. The molecule has 0 amide bonds. The van der Waals surface area contributed by atoms with E-state index in [1.165, 1.54) is 11.3 Å².